The van der Waals surface area contributed by atoms with Gasteiger partial charge in [0.25, 0.3) is 0 Å². The van der Waals surface area contributed by atoms with Gasteiger partial charge < -0.3 is 27.9 Å². The minimum absolute atomic E-state index is 0.0386. The fraction of sp³-hybridized carbons (Fsp3) is 0.889. The number of esters is 4. The molecule has 0 heterocycles. The SMILES string of the molecule is CC(C)[C@H]1CC[C@@H](C)C[C@H]1OC(=O)C[N+](C)(C)CCOC(=O)CCC(=O)OCC[N+](C)(C)CC(=O)O[C@@H]1C[C@H](C)CC[C@H]1C(C)C. The third-order valence-corrected chi connectivity index (χ3v) is 10.1. The summed E-state index contributed by atoms with van der Waals surface area (Å²) in [6.45, 7) is 14.8. The number of hydrogen-bond acceptors (Lipinski definition) is 8. The summed E-state index contributed by atoms with van der Waals surface area (Å²) in [5.74, 6) is 1.44. The fourth-order valence-electron chi connectivity index (χ4n) is 6.93. The van der Waals surface area contributed by atoms with Gasteiger partial charge in [0, 0.05) is 0 Å². The van der Waals surface area contributed by atoms with Crippen molar-refractivity contribution < 1.29 is 47.1 Å². The molecule has 0 saturated heterocycles. The quantitative estimate of drug-likeness (QED) is 0.122. The van der Waals surface area contributed by atoms with E-state index in [-0.39, 0.29) is 63.3 Å². The van der Waals surface area contributed by atoms with E-state index in [1.54, 1.807) is 0 Å². The highest BCUT2D eigenvalue weighted by molar-refractivity contribution is 5.77. The lowest BCUT2D eigenvalue weighted by molar-refractivity contribution is -0.883. The maximum Gasteiger partial charge on any atom is 0.362 e. The molecule has 0 bridgehead atoms. The predicted molar refractivity (Wildman–Crippen MR) is 177 cm³/mol. The van der Waals surface area contributed by atoms with E-state index >= 15 is 0 Å². The van der Waals surface area contributed by atoms with E-state index in [9.17, 15) is 19.2 Å². The summed E-state index contributed by atoms with van der Waals surface area (Å²) in [7, 11) is 7.64. The van der Waals surface area contributed by atoms with Gasteiger partial charge in [-0.25, -0.2) is 9.59 Å². The van der Waals surface area contributed by atoms with Crippen molar-refractivity contribution in [3.63, 3.8) is 0 Å². The van der Waals surface area contributed by atoms with Crippen LogP contribution in [-0.4, -0.2) is 113 Å². The zero-order chi connectivity index (χ0) is 34.7. The van der Waals surface area contributed by atoms with Gasteiger partial charge >= 0.3 is 23.9 Å². The number of nitrogens with zero attached hydrogens (tertiary/aromatic N) is 2. The van der Waals surface area contributed by atoms with E-state index in [1.807, 2.05) is 28.2 Å². The Kier molecular flexibility index (Phi) is 16.0. The Morgan fingerprint density at radius 1 is 0.587 bits per heavy atom. The van der Waals surface area contributed by atoms with Gasteiger partial charge in [-0.3, -0.25) is 9.59 Å². The summed E-state index contributed by atoms with van der Waals surface area (Å²) < 4.78 is 23.3. The van der Waals surface area contributed by atoms with Gasteiger partial charge in [0.15, 0.2) is 13.1 Å². The Balaban J connectivity index is 1.63. The fourth-order valence-corrected chi connectivity index (χ4v) is 6.93. The number of ether oxygens (including phenoxy) is 4. The Morgan fingerprint density at radius 2 is 0.935 bits per heavy atom. The van der Waals surface area contributed by atoms with Crippen LogP contribution < -0.4 is 0 Å². The highest BCUT2D eigenvalue weighted by Gasteiger charge is 2.36. The van der Waals surface area contributed by atoms with E-state index in [0.717, 1.165) is 25.7 Å². The molecule has 10 heteroatoms. The van der Waals surface area contributed by atoms with Crippen LogP contribution in [0, 0.1) is 35.5 Å². The molecule has 2 aliphatic rings. The molecule has 0 aromatic heterocycles. The van der Waals surface area contributed by atoms with Crippen LogP contribution in [0.5, 0.6) is 0 Å². The molecule has 0 aromatic rings. The Hall–Kier alpha value is -2.20. The first kappa shape index (κ1) is 40.0. The Morgan fingerprint density at radius 3 is 1.26 bits per heavy atom. The summed E-state index contributed by atoms with van der Waals surface area (Å²) in [5, 5.41) is 0. The van der Waals surface area contributed by atoms with Crippen LogP contribution in [0.15, 0.2) is 0 Å². The first-order chi connectivity index (χ1) is 21.4. The first-order valence-electron chi connectivity index (χ1n) is 17.7. The third-order valence-electron chi connectivity index (χ3n) is 10.1. The molecule has 10 nitrogen and oxygen atoms in total. The van der Waals surface area contributed by atoms with Gasteiger partial charge in [-0.2, -0.15) is 0 Å². The summed E-state index contributed by atoms with van der Waals surface area (Å²) in [6.07, 6.45) is 6.12. The maximum atomic E-state index is 12.8. The van der Waals surface area contributed by atoms with Gasteiger partial charge in [-0.15, -0.1) is 0 Å². The van der Waals surface area contributed by atoms with Crippen LogP contribution in [-0.2, 0) is 38.1 Å². The average Bonchev–Trinajstić information content (AvgIpc) is 2.90. The van der Waals surface area contributed by atoms with Crippen molar-refractivity contribution in [2.75, 3.05) is 67.6 Å². The van der Waals surface area contributed by atoms with Gasteiger partial charge in [-0.05, 0) is 61.2 Å². The minimum Gasteiger partial charge on any atom is -0.460 e. The van der Waals surface area contributed by atoms with E-state index in [2.05, 4.69) is 41.5 Å². The molecular weight excluding hydrogens is 588 g/mol. The predicted octanol–water partition coefficient (Wildman–Crippen LogP) is 5.01. The molecule has 0 radical (unpaired) electrons. The number of hydrogen-bond donors (Lipinski definition) is 0. The van der Waals surface area contributed by atoms with E-state index < -0.39 is 11.9 Å². The molecule has 0 N–H and O–H groups in total. The smallest absolute Gasteiger partial charge is 0.362 e. The monoisotopic (exact) mass is 654 g/mol. The van der Waals surface area contributed by atoms with Crippen LogP contribution in [0.3, 0.4) is 0 Å². The molecular formula is C36H66N2O8+2. The second kappa shape index (κ2) is 18.4. The zero-order valence-electron chi connectivity index (χ0n) is 30.7. The van der Waals surface area contributed by atoms with Crippen molar-refractivity contribution in [2.45, 2.75) is 105 Å². The van der Waals surface area contributed by atoms with Crippen LogP contribution in [0.4, 0.5) is 0 Å². The molecule has 0 aromatic carbocycles. The standard InChI is InChI=1S/C36H66N2O8/c1-25(2)29-13-11-27(5)21-31(29)45-35(41)23-37(7,8)17-19-43-33(39)15-16-34(40)44-20-18-38(9,10)24-36(42)46-32-22-28(6)12-14-30(32)26(3)4/h25-32H,11-24H2,1-10H3/q+2/t27-,28-,29-,30+,31-,32-/m1/s1. The van der Waals surface area contributed by atoms with Crippen molar-refractivity contribution in [3.05, 3.63) is 0 Å². The van der Waals surface area contributed by atoms with E-state index in [1.165, 1.54) is 12.8 Å². The third kappa shape index (κ3) is 14.7. The van der Waals surface area contributed by atoms with Crippen LogP contribution in [0.1, 0.15) is 92.9 Å². The summed E-state index contributed by atoms with van der Waals surface area (Å²) in [5.41, 5.74) is 0. The van der Waals surface area contributed by atoms with Crippen molar-refractivity contribution in [3.8, 4) is 0 Å². The van der Waals surface area contributed by atoms with E-state index in [0.29, 0.717) is 57.6 Å². The summed E-state index contributed by atoms with van der Waals surface area (Å²) >= 11 is 0. The molecule has 46 heavy (non-hydrogen) atoms. The molecule has 0 unspecified atom stereocenters. The van der Waals surface area contributed by atoms with Gasteiger partial charge in [0.1, 0.15) is 38.5 Å². The molecule has 2 fully saturated rings. The van der Waals surface area contributed by atoms with Crippen LogP contribution in [0.25, 0.3) is 0 Å². The van der Waals surface area contributed by atoms with Crippen molar-refractivity contribution >= 4 is 23.9 Å². The lowest BCUT2D eigenvalue weighted by atomic mass is 9.75. The van der Waals surface area contributed by atoms with Crippen molar-refractivity contribution in [2.24, 2.45) is 35.5 Å². The largest absolute Gasteiger partial charge is 0.460 e. The normalized spacial score (nSPS) is 25.7. The van der Waals surface area contributed by atoms with Gasteiger partial charge in [-0.1, -0.05) is 54.4 Å². The molecule has 2 aliphatic carbocycles. The van der Waals surface area contributed by atoms with Crippen molar-refractivity contribution in [1.82, 2.24) is 0 Å². The molecule has 0 amide bonds. The molecule has 6 atom stereocenters. The minimum atomic E-state index is -0.480. The van der Waals surface area contributed by atoms with Gasteiger partial charge in [0.05, 0.1) is 41.0 Å². The van der Waals surface area contributed by atoms with E-state index in [4.69, 9.17) is 18.9 Å². The number of carbonyl (C=O) groups is 4. The first-order valence-corrected chi connectivity index (χ1v) is 17.7. The van der Waals surface area contributed by atoms with Crippen LogP contribution >= 0.6 is 0 Å². The van der Waals surface area contributed by atoms with Gasteiger partial charge in [0.2, 0.25) is 0 Å². The molecule has 0 spiro atoms. The Bertz CT molecular complexity index is 916. The second-order valence-corrected chi connectivity index (χ2v) is 16.3. The number of rotatable bonds is 17. The maximum absolute atomic E-state index is 12.8. The topological polar surface area (TPSA) is 105 Å². The van der Waals surface area contributed by atoms with Crippen molar-refractivity contribution in [1.29, 1.82) is 0 Å². The highest BCUT2D eigenvalue weighted by atomic mass is 16.6. The molecule has 2 rings (SSSR count). The van der Waals surface area contributed by atoms with Crippen LogP contribution in [0.2, 0.25) is 0 Å². The molecule has 2 saturated carbocycles. The number of likely N-dealkylation sites (N-methyl/N-ethyl adjacent to an activating group) is 2. The summed E-state index contributed by atoms with van der Waals surface area (Å²) in [4.78, 5) is 50.1. The lowest BCUT2D eigenvalue weighted by Crippen LogP contribution is -2.48. The number of carbonyl (C=O) groups excluding carboxylic acids is 4. The second-order valence-electron chi connectivity index (χ2n) is 16.3. The highest BCUT2D eigenvalue weighted by Crippen LogP contribution is 2.36. The molecule has 266 valence electrons. The average molecular weight is 655 g/mol. The lowest BCUT2D eigenvalue weighted by Gasteiger charge is -2.37. The molecule has 0 aliphatic heterocycles. The zero-order valence-corrected chi connectivity index (χ0v) is 30.7. The summed E-state index contributed by atoms with van der Waals surface area (Å²) in [6, 6.07) is 0. The number of quaternary nitrogens is 2. The Labute approximate surface area is 279 Å².